The molecule has 0 bridgehead atoms. The standard InChI is InChI=1S/C20H26N2O2/c1-20(2,3)13-19(23)21-14-17(18-9-6-12-24-18)22-11-10-15-7-4-5-8-16(15)22/h4-9,12,17H,10-11,13-14H2,1-3H3,(H,21,23)/t17-/m0/s1. The summed E-state index contributed by atoms with van der Waals surface area (Å²) in [6.45, 7) is 7.73. The Morgan fingerprint density at radius 2 is 2.04 bits per heavy atom. The van der Waals surface area contributed by atoms with Crippen LogP contribution in [0.25, 0.3) is 0 Å². The molecule has 2 aromatic rings. The molecule has 3 rings (SSSR count). The van der Waals surface area contributed by atoms with Crippen molar-refractivity contribution < 1.29 is 9.21 Å². The number of benzene rings is 1. The van der Waals surface area contributed by atoms with Crippen LogP contribution < -0.4 is 10.2 Å². The number of rotatable bonds is 5. The van der Waals surface area contributed by atoms with Crippen molar-refractivity contribution in [3.05, 3.63) is 54.0 Å². The fraction of sp³-hybridized carbons (Fsp3) is 0.450. The average molecular weight is 326 g/mol. The number of fused-ring (bicyclic) bond motifs is 1. The molecule has 1 amide bonds. The van der Waals surface area contributed by atoms with Gasteiger partial charge in [0, 0.05) is 25.2 Å². The van der Waals surface area contributed by atoms with Gasteiger partial charge in [-0.15, -0.1) is 0 Å². The van der Waals surface area contributed by atoms with E-state index in [1.165, 1.54) is 11.3 Å². The summed E-state index contributed by atoms with van der Waals surface area (Å²) >= 11 is 0. The average Bonchev–Trinajstić information content (AvgIpc) is 3.16. The van der Waals surface area contributed by atoms with Crippen molar-refractivity contribution in [2.45, 2.75) is 39.7 Å². The molecule has 1 aromatic heterocycles. The lowest BCUT2D eigenvalue weighted by Gasteiger charge is -2.29. The third kappa shape index (κ3) is 3.81. The molecule has 1 N–H and O–H groups in total. The maximum atomic E-state index is 12.2. The molecule has 0 fully saturated rings. The van der Waals surface area contributed by atoms with Crippen LogP contribution in [0.5, 0.6) is 0 Å². The van der Waals surface area contributed by atoms with Crippen LogP contribution in [0.2, 0.25) is 0 Å². The van der Waals surface area contributed by atoms with Crippen molar-refractivity contribution in [2.75, 3.05) is 18.0 Å². The summed E-state index contributed by atoms with van der Waals surface area (Å²) < 4.78 is 5.66. The number of amides is 1. The minimum atomic E-state index is -0.00942. The first-order valence-electron chi connectivity index (χ1n) is 8.59. The van der Waals surface area contributed by atoms with Gasteiger partial charge in [0.15, 0.2) is 0 Å². The molecule has 4 nitrogen and oxygen atoms in total. The van der Waals surface area contributed by atoms with Gasteiger partial charge in [-0.2, -0.15) is 0 Å². The molecule has 0 saturated carbocycles. The van der Waals surface area contributed by atoms with Crippen LogP contribution in [0.3, 0.4) is 0 Å². The van der Waals surface area contributed by atoms with Crippen LogP contribution in [-0.2, 0) is 11.2 Å². The highest BCUT2D eigenvalue weighted by molar-refractivity contribution is 5.76. The van der Waals surface area contributed by atoms with Gasteiger partial charge in [0.05, 0.1) is 6.26 Å². The predicted octanol–water partition coefficient (Wildman–Crippen LogP) is 3.94. The second kappa shape index (κ2) is 6.71. The summed E-state index contributed by atoms with van der Waals surface area (Å²) in [7, 11) is 0. The number of nitrogens with one attached hydrogen (secondary N) is 1. The number of para-hydroxylation sites is 1. The number of anilines is 1. The highest BCUT2D eigenvalue weighted by atomic mass is 16.3. The van der Waals surface area contributed by atoms with Crippen LogP contribution >= 0.6 is 0 Å². The summed E-state index contributed by atoms with van der Waals surface area (Å²) in [5, 5.41) is 3.09. The van der Waals surface area contributed by atoms with E-state index in [0.29, 0.717) is 13.0 Å². The Kier molecular flexibility index (Phi) is 4.65. The van der Waals surface area contributed by atoms with Crippen molar-refractivity contribution in [2.24, 2.45) is 5.41 Å². The van der Waals surface area contributed by atoms with Crippen LogP contribution in [0, 0.1) is 5.41 Å². The Balaban J connectivity index is 1.75. The normalized spacial score (nSPS) is 15.2. The Morgan fingerprint density at radius 3 is 2.75 bits per heavy atom. The predicted molar refractivity (Wildman–Crippen MR) is 96.0 cm³/mol. The number of nitrogens with zero attached hydrogens (tertiary/aromatic N) is 1. The Hall–Kier alpha value is -2.23. The van der Waals surface area contributed by atoms with E-state index in [0.717, 1.165) is 18.7 Å². The molecule has 0 spiro atoms. The summed E-state index contributed by atoms with van der Waals surface area (Å²) in [6, 6.07) is 12.4. The van der Waals surface area contributed by atoms with Crippen LogP contribution in [0.4, 0.5) is 5.69 Å². The van der Waals surface area contributed by atoms with E-state index in [1.807, 2.05) is 12.1 Å². The van der Waals surface area contributed by atoms with E-state index in [1.54, 1.807) is 6.26 Å². The number of furan rings is 1. The summed E-state index contributed by atoms with van der Waals surface area (Å²) in [6.07, 6.45) is 3.25. The van der Waals surface area contributed by atoms with Crippen molar-refractivity contribution >= 4 is 11.6 Å². The molecule has 0 unspecified atom stereocenters. The van der Waals surface area contributed by atoms with Gasteiger partial charge in [0.1, 0.15) is 11.8 Å². The van der Waals surface area contributed by atoms with Gasteiger partial charge in [0.25, 0.3) is 0 Å². The molecule has 1 aliphatic rings. The van der Waals surface area contributed by atoms with E-state index in [9.17, 15) is 4.79 Å². The van der Waals surface area contributed by atoms with Crippen molar-refractivity contribution in [3.63, 3.8) is 0 Å². The van der Waals surface area contributed by atoms with Gasteiger partial charge in [-0.1, -0.05) is 39.0 Å². The molecule has 0 radical (unpaired) electrons. The lowest BCUT2D eigenvalue weighted by molar-refractivity contribution is -0.122. The molecule has 0 aliphatic carbocycles. The summed E-state index contributed by atoms with van der Waals surface area (Å²) in [5.41, 5.74) is 2.59. The highest BCUT2D eigenvalue weighted by Gasteiger charge is 2.29. The van der Waals surface area contributed by atoms with Crippen LogP contribution in [-0.4, -0.2) is 19.0 Å². The van der Waals surface area contributed by atoms with Gasteiger partial charge in [-0.3, -0.25) is 4.79 Å². The summed E-state index contributed by atoms with van der Waals surface area (Å²) in [5.74, 6) is 0.981. The van der Waals surface area contributed by atoms with Crippen LogP contribution in [0.15, 0.2) is 47.1 Å². The third-order valence-corrected chi connectivity index (χ3v) is 4.35. The van der Waals surface area contributed by atoms with E-state index in [2.05, 4.69) is 55.3 Å². The Bertz CT molecular complexity index is 686. The molecular formula is C20H26N2O2. The van der Waals surface area contributed by atoms with Gasteiger partial charge in [-0.05, 0) is 35.6 Å². The second-order valence-electron chi connectivity index (χ2n) is 7.64. The third-order valence-electron chi connectivity index (χ3n) is 4.35. The fourth-order valence-electron chi connectivity index (χ4n) is 3.29. The zero-order valence-electron chi connectivity index (χ0n) is 14.7. The SMILES string of the molecule is CC(C)(C)CC(=O)NC[C@@H](c1ccco1)N1CCc2ccccc21. The minimum absolute atomic E-state index is 0.00942. The maximum Gasteiger partial charge on any atom is 0.220 e. The molecule has 1 atom stereocenters. The largest absolute Gasteiger partial charge is 0.467 e. The topological polar surface area (TPSA) is 45.5 Å². The maximum absolute atomic E-state index is 12.2. The van der Waals surface area contributed by atoms with Gasteiger partial charge < -0.3 is 14.6 Å². The molecule has 1 aliphatic heterocycles. The highest BCUT2D eigenvalue weighted by Crippen LogP contribution is 2.35. The first kappa shape index (κ1) is 16.6. The van der Waals surface area contributed by atoms with E-state index in [4.69, 9.17) is 4.42 Å². The van der Waals surface area contributed by atoms with E-state index < -0.39 is 0 Å². The number of hydrogen-bond acceptors (Lipinski definition) is 3. The molecule has 2 heterocycles. The fourth-order valence-corrected chi connectivity index (χ4v) is 3.29. The van der Waals surface area contributed by atoms with Crippen molar-refractivity contribution in [3.8, 4) is 0 Å². The van der Waals surface area contributed by atoms with Gasteiger partial charge >= 0.3 is 0 Å². The molecule has 24 heavy (non-hydrogen) atoms. The van der Waals surface area contributed by atoms with Crippen LogP contribution in [0.1, 0.15) is 44.6 Å². The molecular weight excluding hydrogens is 300 g/mol. The number of carbonyl (C=O) groups is 1. The van der Waals surface area contributed by atoms with Crippen molar-refractivity contribution in [1.29, 1.82) is 0 Å². The second-order valence-corrected chi connectivity index (χ2v) is 7.64. The first-order valence-corrected chi connectivity index (χ1v) is 8.59. The number of carbonyl (C=O) groups excluding carboxylic acids is 1. The van der Waals surface area contributed by atoms with Gasteiger partial charge in [0.2, 0.25) is 5.91 Å². The monoisotopic (exact) mass is 326 g/mol. The summed E-state index contributed by atoms with van der Waals surface area (Å²) in [4.78, 5) is 14.6. The lowest BCUT2D eigenvalue weighted by atomic mass is 9.92. The van der Waals surface area contributed by atoms with Crippen molar-refractivity contribution in [1.82, 2.24) is 5.32 Å². The Labute approximate surface area is 143 Å². The van der Waals surface area contributed by atoms with E-state index in [-0.39, 0.29) is 17.4 Å². The first-order chi connectivity index (χ1) is 11.4. The smallest absolute Gasteiger partial charge is 0.220 e. The minimum Gasteiger partial charge on any atom is -0.467 e. The molecule has 4 heteroatoms. The zero-order chi connectivity index (χ0) is 17.2. The zero-order valence-corrected chi connectivity index (χ0v) is 14.7. The molecule has 128 valence electrons. The molecule has 0 saturated heterocycles. The van der Waals surface area contributed by atoms with Gasteiger partial charge in [-0.25, -0.2) is 0 Å². The quantitative estimate of drug-likeness (QED) is 0.905. The van der Waals surface area contributed by atoms with E-state index >= 15 is 0 Å². The number of hydrogen-bond donors (Lipinski definition) is 1. The molecule has 1 aromatic carbocycles. The lowest BCUT2D eigenvalue weighted by Crippen LogP contribution is -2.38. The Morgan fingerprint density at radius 1 is 1.25 bits per heavy atom.